The number of aryl methyl sites for hydroxylation is 2. The van der Waals surface area contributed by atoms with Crippen LogP contribution < -0.4 is 4.90 Å². The van der Waals surface area contributed by atoms with E-state index < -0.39 is 23.5 Å². The molecule has 182 valence electrons. The Kier molecular flexibility index (Phi) is 5.91. The predicted molar refractivity (Wildman–Crippen MR) is 124 cm³/mol. The molecule has 2 aliphatic heterocycles. The van der Waals surface area contributed by atoms with Crippen LogP contribution in [0.3, 0.4) is 0 Å². The van der Waals surface area contributed by atoms with Gasteiger partial charge in [0.2, 0.25) is 0 Å². The van der Waals surface area contributed by atoms with Crippen LogP contribution in [-0.4, -0.2) is 63.1 Å². The molecule has 35 heavy (non-hydrogen) atoms. The molecule has 1 atom stereocenters. The fourth-order valence-corrected chi connectivity index (χ4v) is 4.57. The second-order valence-electron chi connectivity index (χ2n) is 8.67. The SMILES string of the molecule is Cc1cc(-c2cc(N3CCN(C(=O)N4N=CCC4c4cc(F)cc(F)c4)CC3)ncc2F)n(C)n1. The number of amides is 2. The van der Waals surface area contributed by atoms with E-state index in [-0.39, 0.29) is 6.03 Å². The molecule has 0 bridgehead atoms. The van der Waals surface area contributed by atoms with E-state index in [4.69, 9.17) is 0 Å². The van der Waals surface area contributed by atoms with Crippen LogP contribution >= 0.6 is 0 Å². The number of aromatic nitrogens is 3. The number of carbonyl (C=O) groups excluding carboxylic acids is 1. The highest BCUT2D eigenvalue weighted by atomic mass is 19.1. The average molecular weight is 483 g/mol. The Morgan fingerprint density at radius 3 is 2.37 bits per heavy atom. The molecule has 2 aromatic heterocycles. The van der Waals surface area contributed by atoms with Crippen molar-refractivity contribution in [2.24, 2.45) is 12.1 Å². The maximum Gasteiger partial charge on any atom is 0.341 e. The highest BCUT2D eigenvalue weighted by molar-refractivity contribution is 5.79. The van der Waals surface area contributed by atoms with Crippen LogP contribution in [0.4, 0.5) is 23.8 Å². The summed E-state index contributed by atoms with van der Waals surface area (Å²) in [6, 6.07) is 5.87. The summed E-state index contributed by atoms with van der Waals surface area (Å²) in [5.74, 6) is -1.21. The fourth-order valence-electron chi connectivity index (χ4n) is 4.57. The summed E-state index contributed by atoms with van der Waals surface area (Å²) < 4.78 is 43.6. The van der Waals surface area contributed by atoms with Crippen molar-refractivity contribution in [3.63, 3.8) is 0 Å². The second-order valence-corrected chi connectivity index (χ2v) is 8.67. The fraction of sp³-hybridized carbons (Fsp3) is 0.333. The van der Waals surface area contributed by atoms with Gasteiger partial charge in [-0.05, 0) is 36.8 Å². The molecular formula is C24H24F3N7O. The Labute approximate surface area is 200 Å². The number of rotatable bonds is 3. The largest absolute Gasteiger partial charge is 0.353 e. The maximum atomic E-state index is 14.5. The predicted octanol–water partition coefficient (Wildman–Crippen LogP) is 3.88. The van der Waals surface area contributed by atoms with Crippen LogP contribution in [-0.2, 0) is 7.05 Å². The van der Waals surface area contributed by atoms with Crippen LogP contribution in [0.5, 0.6) is 0 Å². The molecule has 0 radical (unpaired) electrons. The number of urea groups is 1. The van der Waals surface area contributed by atoms with Gasteiger partial charge < -0.3 is 9.80 Å². The highest BCUT2D eigenvalue weighted by Gasteiger charge is 2.33. The molecule has 2 amide bonds. The zero-order chi connectivity index (χ0) is 24.7. The van der Waals surface area contributed by atoms with Crippen molar-refractivity contribution in [3.05, 3.63) is 65.2 Å². The number of carbonyl (C=O) groups is 1. The quantitative estimate of drug-likeness (QED) is 0.567. The average Bonchev–Trinajstić information content (AvgIpc) is 3.44. The van der Waals surface area contributed by atoms with Gasteiger partial charge in [0.15, 0.2) is 5.82 Å². The van der Waals surface area contributed by atoms with E-state index in [1.165, 1.54) is 23.3 Å². The summed E-state index contributed by atoms with van der Waals surface area (Å²) in [6.45, 7) is 3.62. The van der Waals surface area contributed by atoms with E-state index in [2.05, 4.69) is 15.2 Å². The molecule has 1 fully saturated rings. The van der Waals surface area contributed by atoms with E-state index in [0.717, 1.165) is 11.8 Å². The van der Waals surface area contributed by atoms with Gasteiger partial charge in [0, 0.05) is 57.5 Å². The molecule has 5 rings (SSSR count). The molecule has 8 nitrogen and oxygen atoms in total. The van der Waals surface area contributed by atoms with Crippen molar-refractivity contribution < 1.29 is 18.0 Å². The van der Waals surface area contributed by atoms with Crippen molar-refractivity contribution in [2.45, 2.75) is 19.4 Å². The van der Waals surface area contributed by atoms with Crippen molar-refractivity contribution >= 4 is 18.1 Å². The molecular weight excluding hydrogens is 459 g/mol. The van der Waals surface area contributed by atoms with E-state index in [0.29, 0.717) is 55.2 Å². The third-order valence-corrected chi connectivity index (χ3v) is 6.29. The Morgan fingerprint density at radius 1 is 1.00 bits per heavy atom. The number of hydrogen-bond acceptors (Lipinski definition) is 5. The summed E-state index contributed by atoms with van der Waals surface area (Å²) in [5, 5.41) is 9.74. The lowest BCUT2D eigenvalue weighted by Gasteiger charge is -2.37. The van der Waals surface area contributed by atoms with E-state index in [9.17, 15) is 18.0 Å². The van der Waals surface area contributed by atoms with Gasteiger partial charge >= 0.3 is 6.03 Å². The molecule has 1 aromatic carbocycles. The molecule has 0 aliphatic carbocycles. The van der Waals surface area contributed by atoms with Crippen LogP contribution in [0.1, 0.15) is 23.7 Å². The number of hydrogen-bond donors (Lipinski definition) is 0. The van der Waals surface area contributed by atoms with Gasteiger partial charge in [-0.25, -0.2) is 28.0 Å². The van der Waals surface area contributed by atoms with Gasteiger partial charge in [-0.3, -0.25) is 4.68 Å². The number of pyridine rings is 1. The van der Waals surface area contributed by atoms with Crippen molar-refractivity contribution in [1.82, 2.24) is 24.7 Å². The van der Waals surface area contributed by atoms with Crippen LogP contribution in [0.2, 0.25) is 0 Å². The lowest BCUT2D eigenvalue weighted by Crippen LogP contribution is -2.52. The van der Waals surface area contributed by atoms with Gasteiger partial charge in [0.1, 0.15) is 17.5 Å². The monoisotopic (exact) mass is 483 g/mol. The van der Waals surface area contributed by atoms with Crippen molar-refractivity contribution in [3.8, 4) is 11.3 Å². The number of anilines is 1. The normalized spacial score (nSPS) is 18.0. The number of halogens is 3. The first-order chi connectivity index (χ1) is 16.8. The van der Waals surface area contributed by atoms with E-state index in [1.807, 2.05) is 17.9 Å². The molecule has 1 unspecified atom stereocenters. The minimum atomic E-state index is -0.694. The van der Waals surface area contributed by atoms with Gasteiger partial charge in [0.05, 0.1) is 23.6 Å². The third-order valence-electron chi connectivity index (χ3n) is 6.29. The molecule has 0 saturated carbocycles. The Balaban J connectivity index is 1.28. The third kappa shape index (κ3) is 4.45. The summed E-state index contributed by atoms with van der Waals surface area (Å²) in [7, 11) is 1.76. The number of piperazine rings is 1. The number of benzene rings is 1. The zero-order valence-corrected chi connectivity index (χ0v) is 19.3. The molecule has 1 saturated heterocycles. The maximum absolute atomic E-state index is 14.5. The molecule has 11 heteroatoms. The topological polar surface area (TPSA) is 69.9 Å². The lowest BCUT2D eigenvalue weighted by atomic mass is 10.0. The Bertz CT molecular complexity index is 1280. The standard InChI is InChI=1S/C24H24F3N7O/c1-15-9-22(31(2)30-15)19-13-23(28-14-20(19)27)32-5-7-33(8-6-32)24(35)34-21(3-4-29-34)16-10-17(25)12-18(26)11-16/h4,9-14,21H,3,5-8H2,1-2H3. The number of nitrogens with zero attached hydrogens (tertiary/aromatic N) is 7. The molecule has 0 N–H and O–H groups in total. The Hall–Kier alpha value is -3.89. The summed E-state index contributed by atoms with van der Waals surface area (Å²) in [6.07, 6.45) is 3.16. The van der Waals surface area contributed by atoms with Crippen molar-refractivity contribution in [2.75, 3.05) is 31.1 Å². The minimum Gasteiger partial charge on any atom is -0.353 e. The summed E-state index contributed by atoms with van der Waals surface area (Å²) >= 11 is 0. The van der Waals surface area contributed by atoms with E-state index in [1.54, 1.807) is 28.9 Å². The van der Waals surface area contributed by atoms with Crippen LogP contribution in [0.25, 0.3) is 11.3 Å². The number of hydrazone groups is 1. The Morgan fingerprint density at radius 2 is 1.71 bits per heavy atom. The van der Waals surface area contributed by atoms with Gasteiger partial charge in [-0.1, -0.05) is 0 Å². The highest BCUT2D eigenvalue weighted by Crippen LogP contribution is 2.31. The smallest absolute Gasteiger partial charge is 0.341 e. The minimum absolute atomic E-state index is 0.328. The van der Waals surface area contributed by atoms with Crippen molar-refractivity contribution in [1.29, 1.82) is 0 Å². The molecule has 2 aliphatic rings. The zero-order valence-electron chi connectivity index (χ0n) is 19.3. The van der Waals surface area contributed by atoms with Crippen LogP contribution in [0.15, 0.2) is 41.6 Å². The first-order valence-electron chi connectivity index (χ1n) is 11.3. The molecule has 4 heterocycles. The summed E-state index contributed by atoms with van der Waals surface area (Å²) in [4.78, 5) is 21.1. The first-order valence-corrected chi connectivity index (χ1v) is 11.3. The lowest BCUT2D eigenvalue weighted by molar-refractivity contribution is 0.139. The van der Waals surface area contributed by atoms with Gasteiger partial charge in [-0.15, -0.1) is 0 Å². The molecule has 0 spiro atoms. The second kappa shape index (κ2) is 9.05. The first kappa shape index (κ1) is 22.9. The summed E-state index contributed by atoms with van der Waals surface area (Å²) in [5.41, 5.74) is 2.22. The van der Waals surface area contributed by atoms with Gasteiger partial charge in [0.25, 0.3) is 0 Å². The van der Waals surface area contributed by atoms with E-state index >= 15 is 0 Å². The molecule has 3 aromatic rings. The van der Waals surface area contributed by atoms with Gasteiger partial charge in [-0.2, -0.15) is 10.2 Å². The van der Waals surface area contributed by atoms with Crippen LogP contribution in [0, 0.1) is 24.4 Å².